The van der Waals surface area contributed by atoms with Crippen molar-refractivity contribution in [2.45, 2.75) is 12.5 Å². The molecule has 0 aliphatic rings. The van der Waals surface area contributed by atoms with E-state index < -0.39 is 0 Å². The van der Waals surface area contributed by atoms with Gasteiger partial charge in [-0.05, 0) is 37.2 Å². The molecule has 0 saturated carbocycles. The summed E-state index contributed by atoms with van der Waals surface area (Å²) in [4.78, 5) is 8.22. The minimum atomic E-state index is 0.215. The molecular weight excluding hydrogens is 278 g/mol. The smallest absolute Gasteiger partial charge is 0.115 e. The molecule has 0 spiro atoms. The lowest BCUT2D eigenvalue weighted by Gasteiger charge is -2.15. The van der Waals surface area contributed by atoms with Gasteiger partial charge in [0.1, 0.15) is 6.33 Å². The lowest BCUT2D eigenvalue weighted by molar-refractivity contribution is 0.574. The second kappa shape index (κ2) is 5.89. The zero-order valence-electron chi connectivity index (χ0n) is 9.60. The lowest BCUT2D eigenvalue weighted by atomic mass is 10.0. The maximum Gasteiger partial charge on any atom is 0.115 e. The van der Waals surface area contributed by atoms with Gasteiger partial charge in [-0.1, -0.05) is 28.1 Å². The molecule has 2 rings (SSSR count). The average Bonchev–Trinajstić information content (AvgIpc) is 2.37. The van der Waals surface area contributed by atoms with Crippen molar-refractivity contribution in [3.8, 4) is 0 Å². The molecule has 2 aromatic rings. The second-order valence-electron chi connectivity index (χ2n) is 3.81. The Morgan fingerprint density at radius 2 is 2.24 bits per heavy atom. The summed E-state index contributed by atoms with van der Waals surface area (Å²) in [5.41, 5.74) is 2.29. The van der Waals surface area contributed by atoms with Crippen LogP contribution in [0.5, 0.6) is 0 Å². The van der Waals surface area contributed by atoms with Crippen LogP contribution in [-0.4, -0.2) is 17.0 Å². The van der Waals surface area contributed by atoms with Gasteiger partial charge in [-0.15, -0.1) is 0 Å². The van der Waals surface area contributed by atoms with Crippen LogP contribution < -0.4 is 5.32 Å². The van der Waals surface area contributed by atoms with E-state index in [-0.39, 0.29) is 6.04 Å². The highest BCUT2D eigenvalue weighted by Gasteiger charge is 2.11. The van der Waals surface area contributed by atoms with Crippen LogP contribution in [0.2, 0.25) is 0 Å². The van der Waals surface area contributed by atoms with Gasteiger partial charge in [-0.2, -0.15) is 0 Å². The van der Waals surface area contributed by atoms with Crippen molar-refractivity contribution in [1.29, 1.82) is 0 Å². The first-order chi connectivity index (χ1) is 8.29. The fourth-order valence-corrected chi connectivity index (χ4v) is 2.21. The summed E-state index contributed by atoms with van der Waals surface area (Å²) < 4.78 is 1.10. The van der Waals surface area contributed by atoms with Gasteiger partial charge in [0.25, 0.3) is 0 Å². The van der Waals surface area contributed by atoms with Crippen LogP contribution >= 0.6 is 15.9 Å². The predicted molar refractivity (Wildman–Crippen MR) is 71.7 cm³/mol. The molecule has 17 heavy (non-hydrogen) atoms. The quantitative estimate of drug-likeness (QED) is 0.941. The van der Waals surface area contributed by atoms with Gasteiger partial charge < -0.3 is 5.32 Å². The van der Waals surface area contributed by atoms with Crippen molar-refractivity contribution in [1.82, 2.24) is 15.3 Å². The van der Waals surface area contributed by atoms with Gasteiger partial charge in [0.05, 0.1) is 11.7 Å². The average molecular weight is 292 g/mol. The van der Waals surface area contributed by atoms with Crippen molar-refractivity contribution in [3.05, 3.63) is 58.6 Å². The molecular formula is C13H14BrN3. The molecule has 0 fully saturated rings. The van der Waals surface area contributed by atoms with Crippen molar-refractivity contribution in [2.75, 3.05) is 7.05 Å². The van der Waals surface area contributed by atoms with Crippen LogP contribution in [-0.2, 0) is 6.42 Å². The molecule has 4 heteroatoms. The van der Waals surface area contributed by atoms with Crippen LogP contribution in [0, 0.1) is 0 Å². The number of aromatic nitrogens is 2. The molecule has 1 heterocycles. The van der Waals surface area contributed by atoms with Gasteiger partial charge in [0.15, 0.2) is 0 Å². The normalized spacial score (nSPS) is 12.4. The predicted octanol–water partition coefficient (Wildman–Crippen LogP) is 2.74. The molecule has 1 aromatic heterocycles. The van der Waals surface area contributed by atoms with Gasteiger partial charge in [-0.25, -0.2) is 9.97 Å². The van der Waals surface area contributed by atoms with Crippen LogP contribution in [0.25, 0.3) is 0 Å². The van der Waals surface area contributed by atoms with E-state index in [9.17, 15) is 0 Å². The molecule has 0 radical (unpaired) electrons. The maximum absolute atomic E-state index is 4.28. The van der Waals surface area contributed by atoms with Crippen LogP contribution in [0.1, 0.15) is 17.3 Å². The Balaban J connectivity index is 2.16. The van der Waals surface area contributed by atoms with E-state index in [4.69, 9.17) is 0 Å². The fraction of sp³-hybridized carbons (Fsp3) is 0.231. The number of halogens is 1. The van der Waals surface area contributed by atoms with E-state index in [1.165, 1.54) is 5.56 Å². The highest BCUT2D eigenvalue weighted by atomic mass is 79.9. The summed E-state index contributed by atoms with van der Waals surface area (Å²) in [5.74, 6) is 0. The highest BCUT2D eigenvalue weighted by Crippen LogP contribution is 2.18. The van der Waals surface area contributed by atoms with E-state index in [1.54, 1.807) is 12.5 Å². The number of hydrogen-bond donors (Lipinski definition) is 1. The first kappa shape index (κ1) is 12.2. The van der Waals surface area contributed by atoms with Crippen LogP contribution in [0.15, 0.2) is 47.3 Å². The lowest BCUT2D eigenvalue weighted by Crippen LogP contribution is -2.20. The fourth-order valence-electron chi connectivity index (χ4n) is 1.76. The number of nitrogens with zero attached hydrogens (tertiary/aromatic N) is 2. The highest BCUT2D eigenvalue weighted by molar-refractivity contribution is 9.10. The van der Waals surface area contributed by atoms with Gasteiger partial charge >= 0.3 is 0 Å². The van der Waals surface area contributed by atoms with Crippen molar-refractivity contribution in [3.63, 3.8) is 0 Å². The van der Waals surface area contributed by atoms with Gasteiger partial charge in [0.2, 0.25) is 0 Å². The molecule has 0 amide bonds. The standard InChI is InChI=1S/C13H14BrN3/c1-15-13(12-5-6-16-9-17-12)8-10-3-2-4-11(14)7-10/h2-7,9,13,15H,8H2,1H3. The third-order valence-electron chi connectivity index (χ3n) is 2.64. The minimum absolute atomic E-state index is 0.215. The third-order valence-corrected chi connectivity index (χ3v) is 3.13. The van der Waals surface area contributed by atoms with Crippen molar-refractivity contribution < 1.29 is 0 Å². The number of nitrogens with one attached hydrogen (secondary N) is 1. The van der Waals surface area contributed by atoms with Gasteiger partial charge in [0, 0.05) is 10.7 Å². The van der Waals surface area contributed by atoms with Crippen molar-refractivity contribution in [2.24, 2.45) is 0 Å². The van der Waals surface area contributed by atoms with Crippen molar-refractivity contribution >= 4 is 15.9 Å². The van der Waals surface area contributed by atoms with Crippen LogP contribution in [0.3, 0.4) is 0 Å². The van der Waals surface area contributed by atoms with E-state index in [2.05, 4.69) is 43.3 Å². The van der Waals surface area contributed by atoms with E-state index in [0.717, 1.165) is 16.6 Å². The monoisotopic (exact) mass is 291 g/mol. The largest absolute Gasteiger partial charge is 0.311 e. The Bertz CT molecular complexity index is 473. The Morgan fingerprint density at radius 1 is 1.35 bits per heavy atom. The van der Waals surface area contributed by atoms with Crippen LogP contribution in [0.4, 0.5) is 0 Å². The summed E-state index contributed by atoms with van der Waals surface area (Å²) in [6, 6.07) is 10.5. The molecule has 1 aromatic carbocycles. The summed E-state index contributed by atoms with van der Waals surface area (Å²) >= 11 is 3.48. The molecule has 0 saturated heterocycles. The SMILES string of the molecule is CNC(Cc1cccc(Br)c1)c1ccncn1. The topological polar surface area (TPSA) is 37.8 Å². The molecule has 88 valence electrons. The molecule has 3 nitrogen and oxygen atoms in total. The minimum Gasteiger partial charge on any atom is -0.311 e. The number of rotatable bonds is 4. The molecule has 0 aliphatic carbocycles. The van der Waals surface area contributed by atoms with E-state index >= 15 is 0 Å². The summed E-state index contributed by atoms with van der Waals surface area (Å²) in [5, 5.41) is 3.28. The summed E-state index contributed by atoms with van der Waals surface area (Å²) in [7, 11) is 1.95. The number of likely N-dealkylation sites (N-methyl/N-ethyl adjacent to an activating group) is 1. The molecule has 0 bridgehead atoms. The third kappa shape index (κ3) is 3.35. The van der Waals surface area contributed by atoms with E-state index in [0.29, 0.717) is 0 Å². The zero-order chi connectivity index (χ0) is 12.1. The Morgan fingerprint density at radius 3 is 2.88 bits per heavy atom. The first-order valence-electron chi connectivity index (χ1n) is 5.47. The number of hydrogen-bond acceptors (Lipinski definition) is 3. The molecule has 0 aliphatic heterocycles. The Kier molecular flexibility index (Phi) is 4.23. The number of benzene rings is 1. The van der Waals surface area contributed by atoms with E-state index in [1.807, 2.05) is 25.2 Å². The Labute approximate surface area is 109 Å². The Hall–Kier alpha value is -1.26. The first-order valence-corrected chi connectivity index (χ1v) is 6.26. The zero-order valence-corrected chi connectivity index (χ0v) is 11.2. The molecule has 1 N–H and O–H groups in total. The summed E-state index contributed by atoms with van der Waals surface area (Å²) in [6.07, 6.45) is 4.26. The van der Waals surface area contributed by atoms with Gasteiger partial charge in [-0.3, -0.25) is 0 Å². The molecule has 1 unspecified atom stereocenters. The maximum atomic E-state index is 4.28. The second-order valence-corrected chi connectivity index (χ2v) is 4.73. The summed E-state index contributed by atoms with van der Waals surface area (Å²) in [6.45, 7) is 0. The molecule has 1 atom stereocenters.